The van der Waals surface area contributed by atoms with E-state index in [0.29, 0.717) is 11.7 Å². The number of rotatable bonds is 7. The minimum atomic E-state index is -0.316. The summed E-state index contributed by atoms with van der Waals surface area (Å²) >= 11 is 1.40. The van der Waals surface area contributed by atoms with Crippen LogP contribution in [0.4, 0.5) is 0 Å². The molecule has 1 fully saturated rings. The molecule has 3 aromatic rings. The summed E-state index contributed by atoms with van der Waals surface area (Å²) in [6.45, 7) is 5.27. The summed E-state index contributed by atoms with van der Waals surface area (Å²) in [5.74, 6) is 0.696. The number of thioether (sulfide) groups is 1. The maximum Gasteiger partial charge on any atom is 0.233 e. The Hall–Kier alpha value is -2.71. The third kappa shape index (κ3) is 4.55. The Balaban J connectivity index is 1.59. The highest BCUT2D eigenvalue weighted by Crippen LogP contribution is 2.31. The second-order valence-electron chi connectivity index (χ2n) is 7.30. The van der Waals surface area contributed by atoms with Gasteiger partial charge in [0.05, 0.1) is 17.0 Å². The highest BCUT2D eigenvalue weighted by Gasteiger charge is 2.23. The van der Waals surface area contributed by atoms with Gasteiger partial charge in [-0.2, -0.15) is 0 Å². The molecule has 0 saturated carbocycles. The number of carbonyl (C=O) groups excluding carboxylic acids is 1. The molecular formula is C22H25N5O2S. The van der Waals surface area contributed by atoms with Gasteiger partial charge in [0, 0.05) is 31.1 Å². The molecule has 1 aliphatic rings. The summed E-state index contributed by atoms with van der Waals surface area (Å²) in [5, 5.41) is 12.2. The molecule has 30 heavy (non-hydrogen) atoms. The SMILES string of the molecule is Cc1ccccc1-n1c(S[C@@H](C)C(=O)NC[C@@H]2CCCO2)nnc1-c1ccncc1. The van der Waals surface area contributed by atoms with Crippen molar-refractivity contribution in [1.82, 2.24) is 25.1 Å². The molecule has 1 aliphatic heterocycles. The molecule has 3 heterocycles. The Morgan fingerprint density at radius 2 is 2.07 bits per heavy atom. The molecule has 0 aliphatic carbocycles. The number of amides is 1. The number of ether oxygens (including phenoxy) is 1. The average molecular weight is 424 g/mol. The van der Waals surface area contributed by atoms with E-state index in [4.69, 9.17) is 4.74 Å². The zero-order valence-electron chi connectivity index (χ0n) is 17.1. The number of nitrogens with one attached hydrogen (secondary N) is 1. The van der Waals surface area contributed by atoms with E-state index in [1.807, 2.05) is 41.8 Å². The Morgan fingerprint density at radius 3 is 2.80 bits per heavy atom. The van der Waals surface area contributed by atoms with Crippen LogP contribution in [-0.2, 0) is 9.53 Å². The summed E-state index contributed by atoms with van der Waals surface area (Å²) < 4.78 is 7.60. The lowest BCUT2D eigenvalue weighted by Crippen LogP contribution is -2.36. The van der Waals surface area contributed by atoms with Gasteiger partial charge >= 0.3 is 0 Å². The number of hydrogen-bond donors (Lipinski definition) is 1. The van der Waals surface area contributed by atoms with Crippen molar-refractivity contribution in [1.29, 1.82) is 0 Å². The van der Waals surface area contributed by atoms with E-state index in [0.717, 1.165) is 42.1 Å². The number of nitrogens with zero attached hydrogens (tertiary/aromatic N) is 4. The van der Waals surface area contributed by atoms with Gasteiger partial charge in [-0.1, -0.05) is 30.0 Å². The predicted octanol–water partition coefficient (Wildman–Crippen LogP) is 3.41. The maximum absolute atomic E-state index is 12.6. The highest BCUT2D eigenvalue weighted by molar-refractivity contribution is 8.00. The van der Waals surface area contributed by atoms with Crippen molar-refractivity contribution in [2.75, 3.05) is 13.2 Å². The highest BCUT2D eigenvalue weighted by atomic mass is 32.2. The topological polar surface area (TPSA) is 81.9 Å². The van der Waals surface area contributed by atoms with E-state index in [9.17, 15) is 4.79 Å². The van der Waals surface area contributed by atoms with Crippen LogP contribution in [0.2, 0.25) is 0 Å². The normalized spacial score (nSPS) is 17.1. The van der Waals surface area contributed by atoms with Gasteiger partial charge in [0.2, 0.25) is 5.91 Å². The van der Waals surface area contributed by atoms with Crippen LogP contribution in [0.5, 0.6) is 0 Å². The van der Waals surface area contributed by atoms with Gasteiger partial charge in [-0.25, -0.2) is 0 Å². The summed E-state index contributed by atoms with van der Waals surface area (Å²) in [7, 11) is 0. The van der Waals surface area contributed by atoms with E-state index in [1.54, 1.807) is 12.4 Å². The molecule has 1 aromatic carbocycles. The zero-order valence-corrected chi connectivity index (χ0v) is 17.9. The summed E-state index contributed by atoms with van der Waals surface area (Å²) in [6.07, 6.45) is 5.65. The zero-order chi connectivity index (χ0) is 20.9. The smallest absolute Gasteiger partial charge is 0.233 e. The van der Waals surface area contributed by atoms with Crippen LogP contribution in [0, 0.1) is 6.92 Å². The van der Waals surface area contributed by atoms with Gasteiger partial charge < -0.3 is 10.1 Å². The fourth-order valence-corrected chi connectivity index (χ4v) is 4.33. The number of pyridine rings is 1. The molecule has 156 valence electrons. The second-order valence-corrected chi connectivity index (χ2v) is 8.61. The van der Waals surface area contributed by atoms with Crippen LogP contribution in [0.15, 0.2) is 53.9 Å². The van der Waals surface area contributed by atoms with Crippen molar-refractivity contribution < 1.29 is 9.53 Å². The molecule has 1 saturated heterocycles. The number of aromatic nitrogens is 4. The number of aryl methyl sites for hydroxylation is 1. The molecule has 7 nitrogen and oxygen atoms in total. The third-order valence-corrected chi connectivity index (χ3v) is 6.15. The van der Waals surface area contributed by atoms with Crippen molar-refractivity contribution in [3.8, 4) is 17.1 Å². The van der Waals surface area contributed by atoms with Gasteiger partial charge in [-0.05, 0) is 50.5 Å². The lowest BCUT2D eigenvalue weighted by atomic mass is 10.2. The van der Waals surface area contributed by atoms with Gasteiger partial charge in [0.25, 0.3) is 0 Å². The summed E-state index contributed by atoms with van der Waals surface area (Å²) in [4.78, 5) is 16.7. The first-order valence-electron chi connectivity index (χ1n) is 10.1. The van der Waals surface area contributed by atoms with Crippen LogP contribution in [0.3, 0.4) is 0 Å². The van der Waals surface area contributed by atoms with Crippen LogP contribution >= 0.6 is 11.8 Å². The molecule has 1 N–H and O–H groups in total. The first-order chi connectivity index (χ1) is 14.6. The van der Waals surface area contributed by atoms with E-state index in [1.165, 1.54) is 11.8 Å². The van der Waals surface area contributed by atoms with Gasteiger partial charge in [0.15, 0.2) is 11.0 Å². The van der Waals surface area contributed by atoms with Crippen molar-refractivity contribution in [2.24, 2.45) is 0 Å². The van der Waals surface area contributed by atoms with Crippen LogP contribution in [0.1, 0.15) is 25.3 Å². The molecule has 4 rings (SSSR count). The van der Waals surface area contributed by atoms with Crippen LogP contribution in [0.25, 0.3) is 17.1 Å². The largest absolute Gasteiger partial charge is 0.376 e. The number of hydrogen-bond acceptors (Lipinski definition) is 6. The third-order valence-electron chi connectivity index (χ3n) is 5.11. The van der Waals surface area contributed by atoms with E-state index in [-0.39, 0.29) is 17.3 Å². The van der Waals surface area contributed by atoms with E-state index < -0.39 is 0 Å². The Labute approximate surface area is 180 Å². The van der Waals surface area contributed by atoms with Crippen molar-refractivity contribution in [3.63, 3.8) is 0 Å². The first kappa shape index (κ1) is 20.6. The molecule has 0 unspecified atom stereocenters. The maximum atomic E-state index is 12.6. The number of benzene rings is 1. The molecule has 0 radical (unpaired) electrons. The van der Waals surface area contributed by atoms with E-state index in [2.05, 4.69) is 33.5 Å². The summed E-state index contributed by atoms with van der Waals surface area (Å²) in [5.41, 5.74) is 3.01. The van der Waals surface area contributed by atoms with Crippen LogP contribution < -0.4 is 5.32 Å². The molecule has 1 amide bonds. The second kappa shape index (κ2) is 9.40. The van der Waals surface area contributed by atoms with Crippen molar-refractivity contribution in [2.45, 2.75) is 43.2 Å². The molecule has 2 aromatic heterocycles. The number of carbonyl (C=O) groups is 1. The first-order valence-corrected chi connectivity index (χ1v) is 11.0. The Bertz CT molecular complexity index is 1000. The lowest BCUT2D eigenvalue weighted by Gasteiger charge is -2.16. The fraction of sp³-hybridized carbons (Fsp3) is 0.364. The molecule has 8 heteroatoms. The van der Waals surface area contributed by atoms with Gasteiger partial charge in [-0.15, -0.1) is 10.2 Å². The van der Waals surface area contributed by atoms with Crippen molar-refractivity contribution in [3.05, 3.63) is 54.4 Å². The Kier molecular flexibility index (Phi) is 6.44. The fourth-order valence-electron chi connectivity index (χ4n) is 3.44. The van der Waals surface area contributed by atoms with Gasteiger partial charge in [-0.3, -0.25) is 14.3 Å². The quantitative estimate of drug-likeness (QED) is 0.587. The average Bonchev–Trinajstić information content (AvgIpc) is 3.43. The molecule has 2 atom stereocenters. The summed E-state index contributed by atoms with van der Waals surface area (Å²) in [6, 6.07) is 11.9. The minimum Gasteiger partial charge on any atom is -0.376 e. The van der Waals surface area contributed by atoms with Crippen molar-refractivity contribution >= 4 is 17.7 Å². The Morgan fingerprint density at radius 1 is 1.27 bits per heavy atom. The van der Waals surface area contributed by atoms with E-state index >= 15 is 0 Å². The lowest BCUT2D eigenvalue weighted by molar-refractivity contribution is -0.120. The minimum absolute atomic E-state index is 0.0275. The van der Waals surface area contributed by atoms with Gasteiger partial charge in [0.1, 0.15) is 0 Å². The number of para-hydroxylation sites is 1. The molecular weight excluding hydrogens is 398 g/mol. The van der Waals surface area contributed by atoms with Crippen LogP contribution in [-0.4, -0.2) is 50.2 Å². The standard InChI is InChI=1S/C22H25N5O2S/c1-15-6-3-4-8-19(15)27-20(17-9-11-23-12-10-17)25-26-22(27)30-16(2)21(28)24-14-18-7-5-13-29-18/h3-4,6,8-12,16,18H,5,7,13-14H2,1-2H3,(H,24,28)/t16-,18-/m0/s1. The monoisotopic (exact) mass is 423 g/mol. The molecule has 0 bridgehead atoms. The predicted molar refractivity (Wildman–Crippen MR) is 117 cm³/mol. The molecule has 0 spiro atoms.